The second-order valence-electron chi connectivity index (χ2n) is 12.2. The number of carboxylic acid groups (broad SMARTS) is 3. The average Bonchev–Trinajstić information content (AvgIpc) is 2.99. The van der Waals surface area contributed by atoms with Crippen molar-refractivity contribution in [1.82, 2.24) is 0 Å². The van der Waals surface area contributed by atoms with Crippen molar-refractivity contribution in [2.24, 2.45) is 0 Å². The Labute approximate surface area is 414 Å². The topological polar surface area (TPSA) is 290 Å². The Morgan fingerprint density at radius 3 is 1.09 bits per heavy atom. The molecule has 57 heavy (non-hydrogen) atoms. The number of aliphatic carboxylic acids is 3. The minimum Gasteiger partial charge on any atom is -0.870 e. The summed E-state index contributed by atoms with van der Waals surface area (Å²) in [5.74, 6) is -3.15. The fourth-order valence-electron chi connectivity index (χ4n) is 4.72. The third-order valence-corrected chi connectivity index (χ3v) is 10.3. The Hall–Kier alpha value is 0.880. The van der Waals surface area contributed by atoms with E-state index in [1.165, 1.54) is 25.7 Å². The average molecular weight is 912 g/mol. The van der Waals surface area contributed by atoms with Crippen LogP contribution < -0.4 is 88.7 Å². The van der Waals surface area contributed by atoms with E-state index in [1.54, 1.807) is 0 Å². The first-order valence-electron chi connectivity index (χ1n) is 17.6. The Balaban J connectivity index is -0.0000000702. The molecule has 330 valence electrons. The van der Waals surface area contributed by atoms with E-state index in [0.717, 1.165) is 89.9 Å². The Morgan fingerprint density at radius 2 is 0.825 bits per heavy atom. The van der Waals surface area contributed by atoms with Crippen LogP contribution in [0.3, 0.4) is 0 Å². The number of hydrogen-bond acceptors (Lipinski definition) is 13. The molecule has 0 rings (SSSR count). The maximum Gasteiger partial charge on any atom is 1.00 e. The van der Waals surface area contributed by atoms with E-state index in [-0.39, 0.29) is 141 Å². The zero-order valence-electron chi connectivity index (χ0n) is 33.0. The second kappa shape index (κ2) is 56.9. The summed E-state index contributed by atoms with van der Waals surface area (Å²) in [7, 11) is -11.4. The number of hydrogen-bond donors (Lipinski definition) is 3. The van der Waals surface area contributed by atoms with E-state index in [0.29, 0.717) is 25.7 Å². The molecule has 1 atom stereocenters. The van der Waals surface area contributed by atoms with Crippen LogP contribution >= 0.6 is 0 Å². The number of carboxylic acids is 3. The second-order valence-corrected chi connectivity index (χ2v) is 16.3. The number of unbranched alkanes of at least 4 members (excludes halogenated alkanes) is 18. The predicted octanol–water partition coefficient (Wildman–Crippen LogP) is -0.337. The molecule has 0 spiro atoms. The molecule has 0 saturated heterocycles. The minimum atomic E-state index is -4.80. The summed E-state index contributed by atoms with van der Waals surface area (Å²) in [6.07, 6.45) is 22.0. The zero-order chi connectivity index (χ0) is 38.7. The Morgan fingerprint density at radius 1 is 0.544 bits per heavy atom. The SMILES string of the molecule is C.C.C.C=CCCCCCCCCC(=O)O.O=C(O)CCCCCCCCC(CS(=O)(=O)[O-])S(=O)(=O)[O-].O=C(O)CCCCCCCCCC[S-](=O)=O.[Na+].[Na+].[Na+].[OH-]. The maximum absolute atomic E-state index is 10.9. The molecular formula is C36H74Na3O15S3-. The van der Waals surface area contributed by atoms with E-state index >= 15 is 0 Å². The molecule has 15 nitrogen and oxygen atoms in total. The van der Waals surface area contributed by atoms with Gasteiger partial charge in [0.1, 0.15) is 0 Å². The first kappa shape index (κ1) is 81.7. The molecule has 0 aliphatic heterocycles. The van der Waals surface area contributed by atoms with Crippen molar-refractivity contribution in [3.8, 4) is 0 Å². The monoisotopic (exact) mass is 911 g/mol. The summed E-state index contributed by atoms with van der Waals surface area (Å²) in [6.45, 7) is 3.66. The van der Waals surface area contributed by atoms with Gasteiger partial charge in [0, 0.05) is 19.3 Å². The van der Waals surface area contributed by atoms with E-state index in [4.69, 9.17) is 15.3 Å². The largest absolute Gasteiger partial charge is 1.00 e. The van der Waals surface area contributed by atoms with Gasteiger partial charge < -0.3 is 38.3 Å². The quantitative estimate of drug-likeness (QED) is 0.0256. The molecule has 0 aromatic carbocycles. The van der Waals surface area contributed by atoms with Crippen molar-refractivity contribution >= 4 is 48.8 Å². The predicted molar refractivity (Wildman–Crippen MR) is 212 cm³/mol. The van der Waals surface area contributed by atoms with Gasteiger partial charge in [0.2, 0.25) is 0 Å². The zero-order valence-corrected chi connectivity index (χ0v) is 41.4. The number of carbonyl (C=O) groups is 3. The van der Waals surface area contributed by atoms with Crippen LogP contribution in [-0.2, 0) is 53.7 Å². The first-order valence-corrected chi connectivity index (χ1v) is 21.9. The summed E-state index contributed by atoms with van der Waals surface area (Å²) in [5.41, 5.74) is 0. The molecule has 0 aliphatic carbocycles. The van der Waals surface area contributed by atoms with Crippen LogP contribution in [0.2, 0.25) is 0 Å². The molecule has 0 aromatic heterocycles. The summed E-state index contributed by atoms with van der Waals surface area (Å²) in [4.78, 5) is 30.6. The molecule has 0 fully saturated rings. The van der Waals surface area contributed by atoms with Gasteiger partial charge in [-0.1, -0.05) is 148 Å². The molecule has 1 unspecified atom stereocenters. The minimum absolute atomic E-state index is 0. The molecule has 21 heteroatoms. The van der Waals surface area contributed by atoms with Gasteiger partial charge in [-0.15, -0.1) is 6.58 Å². The fourth-order valence-corrected chi connectivity index (χ4v) is 7.41. The Bertz CT molecular complexity index is 1180. The first-order chi connectivity index (χ1) is 23.4. The van der Waals surface area contributed by atoms with Crippen LogP contribution in [0, 0.1) is 0 Å². The van der Waals surface area contributed by atoms with E-state index in [1.807, 2.05) is 6.08 Å². The molecule has 0 bridgehead atoms. The van der Waals surface area contributed by atoms with Gasteiger partial charge in [-0.25, -0.2) is 16.8 Å². The van der Waals surface area contributed by atoms with Gasteiger partial charge >= 0.3 is 107 Å². The molecule has 0 heterocycles. The van der Waals surface area contributed by atoms with Crippen LogP contribution in [0.4, 0.5) is 0 Å². The normalized spacial score (nSPS) is 10.4. The van der Waals surface area contributed by atoms with Crippen LogP contribution in [-0.4, -0.2) is 81.4 Å². The molecule has 0 aromatic rings. The summed E-state index contributed by atoms with van der Waals surface area (Å²) < 4.78 is 84.6. The molecule has 0 amide bonds. The van der Waals surface area contributed by atoms with Crippen LogP contribution in [0.1, 0.15) is 183 Å². The van der Waals surface area contributed by atoms with E-state index < -0.39 is 59.9 Å². The van der Waals surface area contributed by atoms with Gasteiger partial charge in [-0.05, 0) is 38.5 Å². The van der Waals surface area contributed by atoms with Crippen LogP contribution in [0.15, 0.2) is 12.7 Å². The van der Waals surface area contributed by atoms with Crippen molar-refractivity contribution in [2.45, 2.75) is 188 Å². The molecule has 0 radical (unpaired) electrons. The molecule has 0 aliphatic rings. The van der Waals surface area contributed by atoms with Crippen molar-refractivity contribution in [3.05, 3.63) is 12.7 Å². The van der Waals surface area contributed by atoms with E-state index in [2.05, 4.69) is 6.58 Å². The molecule has 4 N–H and O–H groups in total. The fraction of sp³-hybridized carbons (Fsp3) is 0.861. The van der Waals surface area contributed by atoms with E-state index in [9.17, 15) is 48.7 Å². The van der Waals surface area contributed by atoms with Crippen LogP contribution in [0.25, 0.3) is 0 Å². The van der Waals surface area contributed by atoms with Crippen molar-refractivity contribution in [1.29, 1.82) is 0 Å². The van der Waals surface area contributed by atoms with Gasteiger partial charge in [-0.2, -0.15) is 0 Å². The molecule has 0 saturated carbocycles. The van der Waals surface area contributed by atoms with Gasteiger partial charge in [0.05, 0.1) is 31.2 Å². The number of allylic oxidation sites excluding steroid dienone is 1. The third-order valence-electron chi connectivity index (χ3n) is 7.47. The summed E-state index contributed by atoms with van der Waals surface area (Å²) >= 11 is 0. The van der Waals surface area contributed by atoms with Gasteiger partial charge in [0.15, 0.2) is 0 Å². The van der Waals surface area contributed by atoms with Crippen molar-refractivity contribution in [3.63, 3.8) is 0 Å². The maximum atomic E-state index is 10.9. The van der Waals surface area contributed by atoms with Gasteiger partial charge in [0.25, 0.3) is 0 Å². The molecular weight excluding hydrogens is 838 g/mol. The van der Waals surface area contributed by atoms with Crippen LogP contribution in [0.5, 0.6) is 0 Å². The van der Waals surface area contributed by atoms with Gasteiger partial charge in [-0.3, -0.25) is 14.4 Å². The summed E-state index contributed by atoms with van der Waals surface area (Å²) in [5, 5.41) is 23.5. The third kappa shape index (κ3) is 81.4. The Kier molecular flexibility index (Phi) is 81.5. The van der Waals surface area contributed by atoms with Crippen molar-refractivity contribution in [2.75, 3.05) is 11.5 Å². The van der Waals surface area contributed by atoms with Crippen molar-refractivity contribution < 1.29 is 158 Å². The standard InChI is InChI=1S/C11H22O8S2.C11H21O4S.C11H20O2.3CH4.3Na.H2O/c12-11(13)8-6-4-2-1-3-5-7-10(21(17,18)19)9-20(14,15)16;12-11(13)9-7-5-3-1-2-4-6-8-10-16(14)15;1-2-3-4-5-6-7-8-9-10-11(12)13;;;;;;;/h10H,1-9H2,(H,12,13)(H,14,15,16)(H,17,18,19);1-10H2,(H,12,13);2H,1,3-10H2,(H,12,13);3*1H4;;;;1H2/q;-1;;;;;3*+1;/p-3. The smallest absolute Gasteiger partial charge is 0.870 e. The number of rotatable bonds is 32. The summed E-state index contributed by atoms with van der Waals surface area (Å²) in [6, 6.07) is 0.